The molecule has 0 bridgehead atoms. The molecule has 0 aliphatic carbocycles. The van der Waals surface area contributed by atoms with Gasteiger partial charge in [0.15, 0.2) is 5.13 Å². The second-order valence-corrected chi connectivity index (χ2v) is 7.26. The van der Waals surface area contributed by atoms with E-state index < -0.39 is 0 Å². The summed E-state index contributed by atoms with van der Waals surface area (Å²) in [7, 11) is 0. The zero-order valence-electron chi connectivity index (χ0n) is 15.8. The van der Waals surface area contributed by atoms with E-state index in [0.717, 1.165) is 21.5 Å². The maximum absolute atomic E-state index is 12.2. The summed E-state index contributed by atoms with van der Waals surface area (Å²) >= 11 is 1.40. The molecule has 8 heteroatoms. The standard InChI is InChI=1S/C21H19N5O2S/c1-2-28-17-9-10-18-19(12-17)29-21(22-18)23-20(27)11-8-16-14-26(25-24-16)13-15-6-4-3-5-7-15/h3-12,14H,2,13H2,1H3,(H,22,23,27)/b11-8+. The largest absolute Gasteiger partial charge is 0.494 e. The Bertz CT molecular complexity index is 1150. The molecule has 0 radical (unpaired) electrons. The first-order valence-electron chi connectivity index (χ1n) is 9.16. The molecular weight excluding hydrogens is 386 g/mol. The second kappa shape index (κ2) is 8.66. The Hall–Kier alpha value is -3.52. The third-order valence-corrected chi connectivity index (χ3v) is 4.98. The summed E-state index contributed by atoms with van der Waals surface area (Å²) in [5.74, 6) is 0.520. The van der Waals surface area contributed by atoms with Crippen molar-refractivity contribution < 1.29 is 9.53 Å². The number of benzene rings is 2. The molecule has 0 saturated carbocycles. The minimum atomic E-state index is -0.272. The van der Waals surface area contributed by atoms with Crippen LogP contribution in [0.4, 0.5) is 5.13 Å². The van der Waals surface area contributed by atoms with Gasteiger partial charge in [0, 0.05) is 6.08 Å². The van der Waals surface area contributed by atoms with Crippen LogP contribution in [0, 0.1) is 0 Å². The Morgan fingerprint density at radius 3 is 2.93 bits per heavy atom. The van der Waals surface area contributed by atoms with Crippen LogP contribution in [0.25, 0.3) is 16.3 Å². The molecule has 2 aromatic heterocycles. The quantitative estimate of drug-likeness (QED) is 0.470. The lowest BCUT2D eigenvalue weighted by atomic mass is 10.2. The Morgan fingerprint density at radius 1 is 1.24 bits per heavy atom. The number of aromatic nitrogens is 4. The predicted molar refractivity (Wildman–Crippen MR) is 114 cm³/mol. The average molecular weight is 405 g/mol. The summed E-state index contributed by atoms with van der Waals surface area (Å²) in [6.07, 6.45) is 4.85. The van der Waals surface area contributed by atoms with Gasteiger partial charge in [-0.3, -0.25) is 10.1 Å². The van der Waals surface area contributed by atoms with Gasteiger partial charge in [0.2, 0.25) is 5.91 Å². The fourth-order valence-corrected chi connectivity index (χ4v) is 3.66. The van der Waals surface area contributed by atoms with E-state index in [-0.39, 0.29) is 5.91 Å². The van der Waals surface area contributed by atoms with E-state index in [0.29, 0.717) is 24.0 Å². The maximum atomic E-state index is 12.2. The van der Waals surface area contributed by atoms with Gasteiger partial charge in [0.1, 0.15) is 11.4 Å². The first kappa shape index (κ1) is 18.8. The molecular formula is C21H19N5O2S. The van der Waals surface area contributed by atoms with Gasteiger partial charge < -0.3 is 4.74 Å². The van der Waals surface area contributed by atoms with Crippen molar-refractivity contribution in [2.45, 2.75) is 13.5 Å². The van der Waals surface area contributed by atoms with Gasteiger partial charge in [0.05, 0.1) is 29.6 Å². The smallest absolute Gasteiger partial charge is 0.250 e. The SMILES string of the molecule is CCOc1ccc2nc(NC(=O)/C=C/c3cn(Cc4ccccc4)nn3)sc2c1. The zero-order valence-corrected chi connectivity index (χ0v) is 16.6. The van der Waals surface area contributed by atoms with E-state index in [1.807, 2.05) is 55.5 Å². The normalized spacial score (nSPS) is 11.2. The van der Waals surface area contributed by atoms with Gasteiger partial charge in [-0.15, -0.1) is 5.10 Å². The summed E-state index contributed by atoms with van der Waals surface area (Å²) in [4.78, 5) is 16.6. The van der Waals surface area contributed by atoms with Crippen molar-refractivity contribution in [3.8, 4) is 5.75 Å². The minimum absolute atomic E-state index is 0.272. The van der Waals surface area contributed by atoms with Crippen LogP contribution in [0.3, 0.4) is 0 Å². The van der Waals surface area contributed by atoms with Crippen molar-refractivity contribution in [2.24, 2.45) is 0 Å². The molecule has 4 rings (SSSR count). The van der Waals surface area contributed by atoms with Gasteiger partial charge in [0.25, 0.3) is 0 Å². The number of carbonyl (C=O) groups excluding carboxylic acids is 1. The number of hydrogen-bond donors (Lipinski definition) is 1. The summed E-state index contributed by atoms with van der Waals surface area (Å²) in [6.45, 7) is 3.17. The highest BCUT2D eigenvalue weighted by atomic mass is 32.1. The first-order valence-corrected chi connectivity index (χ1v) is 9.98. The number of thiazole rings is 1. The van der Waals surface area contributed by atoms with Crippen LogP contribution in [0.5, 0.6) is 5.75 Å². The number of anilines is 1. The third-order valence-electron chi connectivity index (χ3n) is 4.05. The lowest BCUT2D eigenvalue weighted by molar-refractivity contribution is -0.111. The highest BCUT2D eigenvalue weighted by Crippen LogP contribution is 2.29. The van der Waals surface area contributed by atoms with E-state index in [2.05, 4.69) is 20.6 Å². The highest BCUT2D eigenvalue weighted by Gasteiger charge is 2.07. The Balaban J connectivity index is 1.38. The molecule has 0 saturated heterocycles. The Kier molecular flexibility index (Phi) is 5.62. The molecule has 2 heterocycles. The van der Waals surface area contributed by atoms with E-state index in [1.54, 1.807) is 17.0 Å². The Morgan fingerprint density at radius 2 is 2.10 bits per heavy atom. The third kappa shape index (κ3) is 4.85. The molecule has 7 nitrogen and oxygen atoms in total. The molecule has 0 unspecified atom stereocenters. The summed E-state index contributed by atoms with van der Waals surface area (Å²) in [5.41, 5.74) is 2.57. The molecule has 29 heavy (non-hydrogen) atoms. The number of nitrogens with zero attached hydrogens (tertiary/aromatic N) is 4. The zero-order chi connectivity index (χ0) is 20.1. The van der Waals surface area contributed by atoms with Crippen LogP contribution in [-0.4, -0.2) is 32.5 Å². The fourth-order valence-electron chi connectivity index (χ4n) is 2.76. The lowest BCUT2D eigenvalue weighted by Gasteiger charge is -2.00. The number of rotatable bonds is 7. The monoisotopic (exact) mass is 405 g/mol. The Labute approximate surface area is 171 Å². The van der Waals surface area contributed by atoms with E-state index in [9.17, 15) is 4.79 Å². The first-order chi connectivity index (χ1) is 14.2. The van der Waals surface area contributed by atoms with Crippen LogP contribution in [0.15, 0.2) is 60.8 Å². The van der Waals surface area contributed by atoms with E-state index in [1.165, 1.54) is 17.4 Å². The fraction of sp³-hybridized carbons (Fsp3) is 0.143. The van der Waals surface area contributed by atoms with Crippen molar-refractivity contribution in [1.29, 1.82) is 0 Å². The van der Waals surface area contributed by atoms with Gasteiger partial charge in [-0.1, -0.05) is 46.9 Å². The predicted octanol–water partition coefficient (Wildman–Crippen LogP) is 3.99. The second-order valence-electron chi connectivity index (χ2n) is 6.23. The number of amides is 1. The van der Waals surface area contributed by atoms with Gasteiger partial charge >= 0.3 is 0 Å². The van der Waals surface area contributed by atoms with Gasteiger partial charge in [-0.25, -0.2) is 9.67 Å². The molecule has 0 aliphatic heterocycles. The lowest BCUT2D eigenvalue weighted by Crippen LogP contribution is -2.07. The molecule has 1 N–H and O–H groups in total. The number of hydrogen-bond acceptors (Lipinski definition) is 6. The molecule has 0 fully saturated rings. The molecule has 2 aromatic carbocycles. The van der Waals surface area contributed by atoms with Crippen molar-refractivity contribution in [3.63, 3.8) is 0 Å². The molecule has 146 valence electrons. The number of ether oxygens (including phenoxy) is 1. The maximum Gasteiger partial charge on any atom is 0.250 e. The summed E-state index contributed by atoms with van der Waals surface area (Å²) < 4.78 is 8.19. The molecule has 0 spiro atoms. The van der Waals surface area contributed by atoms with Crippen molar-refractivity contribution >= 4 is 38.7 Å². The van der Waals surface area contributed by atoms with E-state index >= 15 is 0 Å². The van der Waals surface area contributed by atoms with Crippen molar-refractivity contribution in [2.75, 3.05) is 11.9 Å². The van der Waals surface area contributed by atoms with Crippen LogP contribution in [0.2, 0.25) is 0 Å². The molecule has 0 atom stereocenters. The average Bonchev–Trinajstić information content (AvgIpc) is 3.33. The van der Waals surface area contributed by atoms with Crippen molar-refractivity contribution in [1.82, 2.24) is 20.0 Å². The van der Waals surface area contributed by atoms with Crippen LogP contribution in [0.1, 0.15) is 18.2 Å². The van der Waals surface area contributed by atoms with Crippen LogP contribution >= 0.6 is 11.3 Å². The van der Waals surface area contributed by atoms with Gasteiger partial charge in [-0.05, 0) is 36.8 Å². The number of fused-ring (bicyclic) bond motifs is 1. The van der Waals surface area contributed by atoms with E-state index in [4.69, 9.17) is 4.74 Å². The highest BCUT2D eigenvalue weighted by molar-refractivity contribution is 7.22. The minimum Gasteiger partial charge on any atom is -0.494 e. The number of carbonyl (C=O) groups is 1. The summed E-state index contributed by atoms with van der Waals surface area (Å²) in [5, 5.41) is 11.5. The molecule has 1 amide bonds. The molecule has 0 aliphatic rings. The topological polar surface area (TPSA) is 81.9 Å². The summed E-state index contributed by atoms with van der Waals surface area (Å²) in [6, 6.07) is 15.7. The van der Waals surface area contributed by atoms with Crippen LogP contribution in [-0.2, 0) is 11.3 Å². The van der Waals surface area contributed by atoms with Crippen LogP contribution < -0.4 is 10.1 Å². The number of nitrogens with one attached hydrogen (secondary N) is 1. The van der Waals surface area contributed by atoms with Gasteiger partial charge in [-0.2, -0.15) is 0 Å². The molecule has 4 aromatic rings. The van der Waals surface area contributed by atoms with Crippen molar-refractivity contribution in [3.05, 3.63) is 72.1 Å².